The Hall–Kier alpha value is -2.46. The highest BCUT2D eigenvalue weighted by Gasteiger charge is 2.25. The van der Waals surface area contributed by atoms with E-state index in [0.717, 1.165) is 0 Å². The van der Waals surface area contributed by atoms with Crippen molar-refractivity contribution in [3.63, 3.8) is 0 Å². The molecule has 0 amide bonds. The number of hydrogen-bond donors (Lipinski definition) is 0. The summed E-state index contributed by atoms with van der Waals surface area (Å²) in [5, 5.41) is 10.9. The van der Waals surface area contributed by atoms with E-state index in [0.29, 0.717) is 11.3 Å². The number of isocyanates is 1. The predicted molar refractivity (Wildman–Crippen MR) is 64.6 cm³/mol. The molecule has 0 spiro atoms. The van der Waals surface area contributed by atoms with Gasteiger partial charge in [0, 0.05) is 5.56 Å². The number of nitrogens with zero attached hydrogens (tertiary/aromatic N) is 2. The van der Waals surface area contributed by atoms with Crippen LogP contribution in [0, 0.1) is 10.1 Å². The minimum atomic E-state index is -0.606. The van der Waals surface area contributed by atoms with Gasteiger partial charge >= 0.3 is 0 Å². The standard InChI is InChI=1S/C12H10N2O4/c1-12(2)4-3-8-5-9(13-7-15)10(14(16)17)6-11(8)18-12/h3-6H,1-2H3. The van der Waals surface area contributed by atoms with Gasteiger partial charge in [0.25, 0.3) is 5.69 Å². The second-order valence-corrected chi connectivity index (χ2v) is 4.38. The Balaban J connectivity index is 2.62. The normalized spacial score (nSPS) is 15.2. The highest BCUT2D eigenvalue weighted by atomic mass is 16.6. The van der Waals surface area contributed by atoms with Gasteiger partial charge in [-0.15, -0.1) is 0 Å². The van der Waals surface area contributed by atoms with Gasteiger partial charge in [-0.05, 0) is 26.0 Å². The van der Waals surface area contributed by atoms with Crippen molar-refractivity contribution in [2.45, 2.75) is 19.4 Å². The fraction of sp³-hybridized carbons (Fsp3) is 0.250. The van der Waals surface area contributed by atoms with Gasteiger partial charge in [0.1, 0.15) is 11.4 Å². The van der Waals surface area contributed by atoms with E-state index in [2.05, 4.69) is 4.99 Å². The van der Waals surface area contributed by atoms with Gasteiger partial charge in [0.2, 0.25) is 6.08 Å². The van der Waals surface area contributed by atoms with Crippen LogP contribution in [0.15, 0.2) is 23.2 Å². The Morgan fingerprint density at radius 2 is 2.17 bits per heavy atom. The third-order valence-electron chi connectivity index (χ3n) is 2.51. The molecule has 6 heteroatoms. The van der Waals surface area contributed by atoms with Crippen LogP contribution < -0.4 is 4.74 Å². The van der Waals surface area contributed by atoms with Crippen LogP contribution in [0.1, 0.15) is 19.4 Å². The van der Waals surface area contributed by atoms with Crippen molar-refractivity contribution in [1.29, 1.82) is 0 Å². The Morgan fingerprint density at radius 3 is 2.78 bits per heavy atom. The molecule has 0 saturated carbocycles. The number of ether oxygens (including phenoxy) is 1. The number of benzene rings is 1. The van der Waals surface area contributed by atoms with Crippen molar-refractivity contribution in [2.24, 2.45) is 4.99 Å². The third-order valence-corrected chi connectivity index (χ3v) is 2.51. The molecule has 1 aromatic carbocycles. The molecule has 1 aliphatic rings. The van der Waals surface area contributed by atoms with Crippen molar-refractivity contribution < 1.29 is 14.5 Å². The molecule has 0 N–H and O–H groups in total. The SMILES string of the molecule is CC1(C)C=Cc2cc(N=C=O)c([N+](=O)[O-])cc2O1. The van der Waals surface area contributed by atoms with Gasteiger partial charge < -0.3 is 4.74 Å². The van der Waals surface area contributed by atoms with Gasteiger partial charge in [0.05, 0.1) is 11.0 Å². The lowest BCUT2D eigenvalue weighted by molar-refractivity contribution is -0.384. The zero-order valence-corrected chi connectivity index (χ0v) is 9.84. The van der Waals surface area contributed by atoms with E-state index in [1.54, 1.807) is 6.08 Å². The van der Waals surface area contributed by atoms with E-state index in [9.17, 15) is 14.9 Å². The summed E-state index contributed by atoms with van der Waals surface area (Å²) in [6, 6.07) is 2.71. The van der Waals surface area contributed by atoms with Gasteiger partial charge in [-0.25, -0.2) is 4.79 Å². The smallest absolute Gasteiger partial charge is 0.299 e. The first-order valence-corrected chi connectivity index (χ1v) is 5.21. The summed E-state index contributed by atoms with van der Waals surface area (Å²) in [6.07, 6.45) is 4.92. The van der Waals surface area contributed by atoms with Crippen LogP contribution in [0.5, 0.6) is 5.75 Å². The molecule has 92 valence electrons. The van der Waals surface area contributed by atoms with Gasteiger partial charge in [0.15, 0.2) is 5.69 Å². The maximum absolute atomic E-state index is 10.9. The first kappa shape index (κ1) is 12.0. The predicted octanol–water partition coefficient (Wildman–Crippen LogP) is 2.75. The van der Waals surface area contributed by atoms with Crippen molar-refractivity contribution >= 4 is 23.5 Å². The zero-order valence-electron chi connectivity index (χ0n) is 9.84. The largest absolute Gasteiger partial charge is 0.483 e. The molecule has 0 aromatic heterocycles. The first-order valence-electron chi connectivity index (χ1n) is 5.21. The third kappa shape index (κ3) is 2.14. The summed E-state index contributed by atoms with van der Waals surface area (Å²) in [7, 11) is 0. The maximum Gasteiger partial charge on any atom is 0.299 e. The number of nitro groups is 1. The molecule has 0 saturated heterocycles. The molecule has 0 bridgehead atoms. The Labute approximate surface area is 103 Å². The topological polar surface area (TPSA) is 81.8 Å². The molecule has 1 aromatic rings. The van der Waals surface area contributed by atoms with Gasteiger partial charge in [-0.2, -0.15) is 4.99 Å². The van der Waals surface area contributed by atoms with Crippen molar-refractivity contribution in [3.05, 3.63) is 33.9 Å². The van der Waals surface area contributed by atoms with E-state index < -0.39 is 10.5 Å². The van der Waals surface area contributed by atoms with Crippen LogP contribution in [-0.2, 0) is 4.79 Å². The molecule has 18 heavy (non-hydrogen) atoms. The molecule has 0 atom stereocenters. The van der Waals surface area contributed by atoms with E-state index in [1.807, 2.05) is 19.9 Å². The molecular formula is C12H10N2O4. The maximum atomic E-state index is 10.9. The van der Waals surface area contributed by atoms with E-state index in [4.69, 9.17) is 4.74 Å². The van der Waals surface area contributed by atoms with Crippen molar-refractivity contribution in [3.8, 4) is 5.75 Å². The highest BCUT2D eigenvalue weighted by molar-refractivity contribution is 5.73. The van der Waals surface area contributed by atoms with Crippen LogP contribution in [-0.4, -0.2) is 16.6 Å². The second kappa shape index (κ2) is 4.09. The first-order chi connectivity index (χ1) is 8.43. The summed E-state index contributed by atoms with van der Waals surface area (Å²) >= 11 is 0. The van der Waals surface area contributed by atoms with Crippen LogP contribution in [0.4, 0.5) is 11.4 Å². The average Bonchev–Trinajstić information content (AvgIpc) is 2.28. The number of carbonyl (C=O) groups excluding carboxylic acids is 1. The van der Waals surface area contributed by atoms with Crippen LogP contribution in [0.25, 0.3) is 6.08 Å². The molecule has 0 aliphatic carbocycles. The Bertz CT molecular complexity index is 598. The summed E-state index contributed by atoms with van der Waals surface area (Å²) in [6.45, 7) is 3.69. The van der Waals surface area contributed by atoms with Crippen LogP contribution >= 0.6 is 0 Å². The molecule has 6 nitrogen and oxygen atoms in total. The number of rotatable bonds is 2. The number of nitro benzene ring substituents is 1. The Morgan fingerprint density at radius 1 is 1.44 bits per heavy atom. The summed E-state index contributed by atoms with van der Waals surface area (Å²) in [5.74, 6) is 0.402. The number of aliphatic imine (C=N–C) groups is 1. The summed E-state index contributed by atoms with van der Waals surface area (Å²) < 4.78 is 5.61. The number of hydrogen-bond acceptors (Lipinski definition) is 5. The van der Waals surface area contributed by atoms with Crippen molar-refractivity contribution in [1.82, 2.24) is 0 Å². The molecular weight excluding hydrogens is 236 g/mol. The monoisotopic (exact) mass is 246 g/mol. The minimum absolute atomic E-state index is 0.0262. The molecule has 0 radical (unpaired) electrons. The van der Waals surface area contributed by atoms with Gasteiger partial charge in [-0.3, -0.25) is 10.1 Å². The Kier molecular flexibility index (Phi) is 2.73. The highest BCUT2D eigenvalue weighted by Crippen LogP contribution is 2.39. The average molecular weight is 246 g/mol. The summed E-state index contributed by atoms with van der Waals surface area (Å²) in [4.78, 5) is 23.9. The zero-order chi connectivity index (χ0) is 13.3. The molecule has 2 rings (SSSR count). The lowest BCUT2D eigenvalue weighted by atomic mass is 10.0. The van der Waals surface area contributed by atoms with Crippen LogP contribution in [0.2, 0.25) is 0 Å². The fourth-order valence-electron chi connectivity index (χ4n) is 1.69. The molecule has 0 unspecified atom stereocenters. The molecule has 1 heterocycles. The second-order valence-electron chi connectivity index (χ2n) is 4.38. The molecule has 1 aliphatic heterocycles. The van der Waals surface area contributed by atoms with E-state index >= 15 is 0 Å². The van der Waals surface area contributed by atoms with Crippen molar-refractivity contribution in [2.75, 3.05) is 0 Å². The summed E-state index contributed by atoms with van der Waals surface area (Å²) in [5.41, 5.74) is -0.171. The van der Waals surface area contributed by atoms with E-state index in [-0.39, 0.29) is 11.4 Å². The quantitative estimate of drug-likeness (QED) is 0.347. The van der Waals surface area contributed by atoms with E-state index in [1.165, 1.54) is 18.2 Å². The lowest BCUT2D eigenvalue weighted by Gasteiger charge is -2.27. The minimum Gasteiger partial charge on any atom is -0.483 e. The van der Waals surface area contributed by atoms with Crippen LogP contribution in [0.3, 0.4) is 0 Å². The fourth-order valence-corrected chi connectivity index (χ4v) is 1.69. The van der Waals surface area contributed by atoms with Gasteiger partial charge in [-0.1, -0.05) is 6.08 Å². The molecule has 0 fully saturated rings. The number of fused-ring (bicyclic) bond motifs is 1. The lowest BCUT2D eigenvalue weighted by Crippen LogP contribution is -2.27.